The fourth-order valence-electron chi connectivity index (χ4n) is 3.59. The van der Waals surface area contributed by atoms with Crippen LogP contribution in [-0.2, 0) is 9.59 Å². The van der Waals surface area contributed by atoms with Crippen LogP contribution < -0.4 is 9.64 Å². The Hall–Kier alpha value is -2.59. The monoisotopic (exact) mass is 367 g/mol. The number of carbonyl (C=O) groups excluding carboxylic acids is 2. The molecule has 0 bridgehead atoms. The average molecular weight is 368 g/mol. The minimum atomic E-state index is -0.226. The first-order valence-corrected chi connectivity index (χ1v) is 8.97. The molecule has 0 unspecified atom stereocenters. The Morgan fingerprint density at radius 3 is 2.15 bits per heavy atom. The number of rotatable bonds is 3. The van der Waals surface area contributed by atoms with Gasteiger partial charge in [-0.3, -0.25) is 14.5 Å². The normalized spacial score (nSPS) is 22.2. The van der Waals surface area contributed by atoms with Gasteiger partial charge in [0.15, 0.2) is 0 Å². The molecule has 132 valence electrons. The first kappa shape index (κ1) is 16.9. The highest BCUT2D eigenvalue weighted by atomic mass is 35.5. The Kier molecular flexibility index (Phi) is 4.29. The van der Waals surface area contributed by atoms with Crippen molar-refractivity contribution in [2.45, 2.75) is 19.8 Å². The van der Waals surface area contributed by atoms with Crippen molar-refractivity contribution in [3.8, 4) is 11.5 Å². The van der Waals surface area contributed by atoms with E-state index >= 15 is 0 Å². The van der Waals surface area contributed by atoms with Crippen LogP contribution in [0.5, 0.6) is 11.5 Å². The van der Waals surface area contributed by atoms with Crippen molar-refractivity contribution in [1.29, 1.82) is 0 Å². The summed E-state index contributed by atoms with van der Waals surface area (Å²) >= 11 is 5.87. The second-order valence-corrected chi connectivity index (χ2v) is 7.20. The summed E-state index contributed by atoms with van der Waals surface area (Å²) in [4.78, 5) is 26.8. The smallest absolute Gasteiger partial charge is 0.238 e. The number of hydrogen-bond donors (Lipinski definition) is 0. The van der Waals surface area contributed by atoms with Gasteiger partial charge in [-0.05, 0) is 68.3 Å². The van der Waals surface area contributed by atoms with E-state index in [-0.39, 0.29) is 23.7 Å². The van der Waals surface area contributed by atoms with Crippen LogP contribution in [0.2, 0.25) is 5.02 Å². The summed E-state index contributed by atoms with van der Waals surface area (Å²) in [6.07, 6.45) is 3.39. The Morgan fingerprint density at radius 1 is 0.923 bits per heavy atom. The average Bonchev–Trinajstić information content (AvgIpc) is 2.88. The van der Waals surface area contributed by atoms with Crippen LogP contribution in [-0.4, -0.2) is 11.8 Å². The number of nitrogens with zero attached hydrogens (tertiary/aromatic N) is 1. The summed E-state index contributed by atoms with van der Waals surface area (Å²) in [6.45, 7) is 2.01. The molecule has 0 N–H and O–H groups in total. The standard InChI is InChI=1S/C21H18ClNO3/c1-13-2-11-18-19(12-13)21(25)23(20(18)24)15-5-9-17(10-6-15)26-16-7-3-14(22)4-8-16/h2-10,18-19H,11-12H2,1H3/t18-,19-/m0/s1. The van der Waals surface area contributed by atoms with Gasteiger partial charge in [0.05, 0.1) is 17.5 Å². The van der Waals surface area contributed by atoms with Crippen LogP contribution in [0, 0.1) is 11.8 Å². The van der Waals surface area contributed by atoms with Crippen molar-refractivity contribution in [3.63, 3.8) is 0 Å². The van der Waals surface area contributed by atoms with E-state index in [1.54, 1.807) is 48.5 Å². The topological polar surface area (TPSA) is 46.6 Å². The van der Waals surface area contributed by atoms with Gasteiger partial charge in [-0.15, -0.1) is 0 Å². The van der Waals surface area contributed by atoms with Crippen LogP contribution in [0.15, 0.2) is 60.2 Å². The van der Waals surface area contributed by atoms with Crippen LogP contribution >= 0.6 is 11.6 Å². The van der Waals surface area contributed by atoms with Crippen LogP contribution in [0.25, 0.3) is 0 Å². The lowest BCUT2D eigenvalue weighted by Crippen LogP contribution is -2.30. The zero-order chi connectivity index (χ0) is 18.3. The maximum Gasteiger partial charge on any atom is 0.238 e. The highest BCUT2D eigenvalue weighted by molar-refractivity contribution is 6.30. The summed E-state index contributed by atoms with van der Waals surface area (Å²) in [5.74, 6) is 0.649. The van der Waals surface area contributed by atoms with E-state index in [1.165, 1.54) is 10.5 Å². The molecule has 0 spiro atoms. The fourth-order valence-corrected chi connectivity index (χ4v) is 3.72. The maximum absolute atomic E-state index is 12.7. The quantitative estimate of drug-likeness (QED) is 0.568. The van der Waals surface area contributed by atoms with Crippen LogP contribution in [0.4, 0.5) is 5.69 Å². The third-order valence-corrected chi connectivity index (χ3v) is 5.22. The molecule has 0 radical (unpaired) electrons. The largest absolute Gasteiger partial charge is 0.457 e. The lowest BCUT2D eigenvalue weighted by molar-refractivity contribution is -0.122. The van der Waals surface area contributed by atoms with E-state index in [2.05, 4.69) is 6.08 Å². The molecule has 4 rings (SSSR count). The lowest BCUT2D eigenvalue weighted by atomic mass is 9.82. The number of anilines is 1. The molecule has 0 saturated carbocycles. The number of ether oxygens (including phenoxy) is 1. The van der Waals surface area contributed by atoms with E-state index in [0.717, 1.165) is 0 Å². The summed E-state index contributed by atoms with van der Waals surface area (Å²) in [5, 5.41) is 0.643. The van der Waals surface area contributed by atoms with E-state index in [0.29, 0.717) is 35.1 Å². The summed E-state index contributed by atoms with van der Waals surface area (Å²) in [7, 11) is 0. The van der Waals surface area contributed by atoms with Gasteiger partial charge in [-0.2, -0.15) is 0 Å². The zero-order valence-electron chi connectivity index (χ0n) is 14.3. The van der Waals surface area contributed by atoms with E-state index in [1.807, 2.05) is 6.92 Å². The molecule has 1 aliphatic heterocycles. The highest BCUT2D eigenvalue weighted by Gasteiger charge is 2.48. The number of benzene rings is 2. The molecule has 5 heteroatoms. The van der Waals surface area contributed by atoms with Gasteiger partial charge < -0.3 is 4.74 Å². The second-order valence-electron chi connectivity index (χ2n) is 6.77. The Labute approximate surface area is 157 Å². The Bertz CT molecular complexity index is 886. The van der Waals surface area contributed by atoms with Gasteiger partial charge in [0, 0.05) is 5.02 Å². The fraction of sp³-hybridized carbons (Fsp3) is 0.238. The van der Waals surface area contributed by atoms with Crippen molar-refractivity contribution in [1.82, 2.24) is 0 Å². The molecule has 2 atom stereocenters. The third kappa shape index (κ3) is 3.01. The lowest BCUT2D eigenvalue weighted by Gasteiger charge is -2.18. The number of amides is 2. The van der Waals surface area contributed by atoms with E-state index in [9.17, 15) is 9.59 Å². The molecule has 4 nitrogen and oxygen atoms in total. The third-order valence-electron chi connectivity index (χ3n) is 4.97. The van der Waals surface area contributed by atoms with Crippen molar-refractivity contribution in [2.24, 2.45) is 11.8 Å². The number of hydrogen-bond acceptors (Lipinski definition) is 3. The summed E-state index contributed by atoms with van der Waals surface area (Å²) < 4.78 is 5.76. The first-order valence-electron chi connectivity index (χ1n) is 8.60. The van der Waals surface area contributed by atoms with E-state index in [4.69, 9.17) is 16.3 Å². The van der Waals surface area contributed by atoms with Gasteiger partial charge in [0.2, 0.25) is 11.8 Å². The predicted octanol–water partition coefficient (Wildman–Crippen LogP) is 4.98. The minimum absolute atomic E-state index is 0.0983. The van der Waals surface area contributed by atoms with Gasteiger partial charge in [0.25, 0.3) is 0 Å². The number of halogens is 1. The molecule has 2 aliphatic rings. The zero-order valence-corrected chi connectivity index (χ0v) is 15.1. The molecular weight excluding hydrogens is 350 g/mol. The number of carbonyl (C=O) groups is 2. The molecule has 1 heterocycles. The van der Waals surface area contributed by atoms with Gasteiger partial charge >= 0.3 is 0 Å². The Balaban J connectivity index is 1.53. The molecule has 2 amide bonds. The highest BCUT2D eigenvalue weighted by Crippen LogP contribution is 2.40. The molecule has 2 aromatic carbocycles. The van der Waals surface area contributed by atoms with E-state index < -0.39 is 0 Å². The summed E-state index contributed by atoms with van der Waals surface area (Å²) in [5.41, 5.74) is 1.77. The second kappa shape index (κ2) is 6.61. The molecule has 0 aromatic heterocycles. The van der Waals surface area contributed by atoms with Crippen LogP contribution in [0.3, 0.4) is 0 Å². The predicted molar refractivity (Wildman–Crippen MR) is 100 cm³/mol. The van der Waals surface area contributed by atoms with Gasteiger partial charge in [-0.25, -0.2) is 0 Å². The van der Waals surface area contributed by atoms with Crippen LogP contribution in [0.1, 0.15) is 19.8 Å². The number of imide groups is 1. The SMILES string of the molecule is CC1=CC[C@@H]2C(=O)N(c3ccc(Oc4ccc(Cl)cc4)cc3)C(=O)[C@H]2C1. The molecular formula is C21H18ClNO3. The summed E-state index contributed by atoms with van der Waals surface area (Å²) in [6, 6.07) is 14.1. The van der Waals surface area contributed by atoms with Crippen molar-refractivity contribution < 1.29 is 14.3 Å². The Morgan fingerprint density at radius 2 is 1.50 bits per heavy atom. The molecule has 1 aliphatic carbocycles. The van der Waals surface area contributed by atoms with Crippen molar-refractivity contribution >= 4 is 29.1 Å². The van der Waals surface area contributed by atoms with Gasteiger partial charge in [0.1, 0.15) is 11.5 Å². The number of fused-ring (bicyclic) bond motifs is 1. The minimum Gasteiger partial charge on any atom is -0.457 e. The molecule has 1 fully saturated rings. The molecule has 1 saturated heterocycles. The number of allylic oxidation sites excluding steroid dienone is 2. The first-order chi connectivity index (χ1) is 12.5. The molecule has 26 heavy (non-hydrogen) atoms. The molecule has 2 aromatic rings. The van der Waals surface area contributed by atoms with Crippen molar-refractivity contribution in [3.05, 3.63) is 65.2 Å². The van der Waals surface area contributed by atoms with Crippen molar-refractivity contribution in [2.75, 3.05) is 4.90 Å². The van der Waals surface area contributed by atoms with Gasteiger partial charge in [-0.1, -0.05) is 23.3 Å². The maximum atomic E-state index is 12.7.